The monoisotopic (exact) mass is 641 g/mol. The fourth-order valence-corrected chi connectivity index (χ4v) is 6.73. The summed E-state index contributed by atoms with van der Waals surface area (Å²) < 4.78 is 41.0. The van der Waals surface area contributed by atoms with Gasteiger partial charge in [0.15, 0.2) is 0 Å². The molecule has 0 radical (unpaired) electrons. The molecule has 0 aromatic heterocycles. The van der Waals surface area contributed by atoms with Gasteiger partial charge < -0.3 is 9.26 Å². The van der Waals surface area contributed by atoms with Gasteiger partial charge in [-0.15, -0.1) is 5.92 Å². The zero-order valence-corrected chi connectivity index (χ0v) is 28.6. The van der Waals surface area contributed by atoms with Gasteiger partial charge in [-0.1, -0.05) is 52.7 Å². The molecule has 3 rings (SSSR count). The second-order valence-corrected chi connectivity index (χ2v) is 19.2. The summed E-state index contributed by atoms with van der Waals surface area (Å²) in [6.07, 6.45) is -0.138. The van der Waals surface area contributed by atoms with Crippen molar-refractivity contribution in [2.45, 2.75) is 77.0 Å². The Hall–Kier alpha value is -3.50. The Morgan fingerprint density at radius 3 is 2.09 bits per heavy atom. The fraction of sp³-hybridized carbons (Fsp3) is 0.469. The van der Waals surface area contributed by atoms with Crippen molar-refractivity contribution in [2.24, 2.45) is 5.92 Å². The Labute approximate surface area is 262 Å². The summed E-state index contributed by atoms with van der Waals surface area (Å²) in [5.41, 5.74) is 3.11. The van der Waals surface area contributed by atoms with E-state index in [1.54, 1.807) is 31.2 Å². The molecule has 1 atom stereocenters. The SMILES string of the molecule is CC#CCOc1ccc(S(=O)(=O)N(CC(C)C)[C@H](CCN2C(=O)c3ccccc3C2=O)C(=O)NO[Si](C)(C)C(C)(C)C)cc1. The van der Waals surface area contributed by atoms with Crippen LogP contribution in [0.4, 0.5) is 0 Å². The lowest BCUT2D eigenvalue weighted by molar-refractivity contribution is -0.132. The smallest absolute Gasteiger partial charge is 0.261 e. The number of fused-ring (bicyclic) bond motifs is 1. The Morgan fingerprint density at radius 2 is 1.59 bits per heavy atom. The second kappa shape index (κ2) is 14.1. The van der Waals surface area contributed by atoms with Crippen molar-refractivity contribution in [1.29, 1.82) is 0 Å². The summed E-state index contributed by atoms with van der Waals surface area (Å²) in [5.74, 6) is 4.17. The zero-order valence-electron chi connectivity index (χ0n) is 26.8. The van der Waals surface area contributed by atoms with E-state index in [-0.39, 0.29) is 53.1 Å². The summed E-state index contributed by atoms with van der Waals surface area (Å²) in [6.45, 7) is 15.4. The molecule has 2 aromatic carbocycles. The first kappa shape index (κ1) is 35.0. The van der Waals surface area contributed by atoms with Crippen molar-refractivity contribution >= 4 is 36.1 Å². The first-order valence-corrected chi connectivity index (χ1v) is 18.9. The third-order valence-corrected chi connectivity index (χ3v) is 13.9. The molecule has 1 N–H and O–H groups in total. The summed E-state index contributed by atoms with van der Waals surface area (Å²) in [4.78, 5) is 41.1. The minimum absolute atomic E-state index is 0.00692. The number of hydrogen-bond donors (Lipinski definition) is 1. The van der Waals surface area contributed by atoms with Crippen LogP contribution in [0.3, 0.4) is 0 Å². The van der Waals surface area contributed by atoms with Crippen LogP contribution in [0.5, 0.6) is 5.75 Å². The van der Waals surface area contributed by atoms with Gasteiger partial charge in [-0.2, -0.15) is 4.31 Å². The van der Waals surface area contributed by atoms with Crippen LogP contribution in [0, 0.1) is 17.8 Å². The van der Waals surface area contributed by atoms with Crippen LogP contribution in [-0.2, 0) is 19.3 Å². The van der Waals surface area contributed by atoms with Crippen molar-refractivity contribution < 1.29 is 32.1 Å². The Morgan fingerprint density at radius 1 is 1.02 bits per heavy atom. The van der Waals surface area contributed by atoms with Gasteiger partial charge in [0.05, 0.1) is 16.0 Å². The van der Waals surface area contributed by atoms with E-state index >= 15 is 0 Å². The quantitative estimate of drug-likeness (QED) is 0.144. The average Bonchev–Trinajstić information content (AvgIpc) is 3.20. The van der Waals surface area contributed by atoms with Crippen molar-refractivity contribution in [2.75, 3.05) is 19.7 Å². The number of benzene rings is 2. The molecule has 0 fully saturated rings. The number of nitrogens with zero attached hydrogens (tertiary/aromatic N) is 2. The molecule has 1 heterocycles. The van der Waals surface area contributed by atoms with Crippen LogP contribution in [0.2, 0.25) is 18.1 Å². The van der Waals surface area contributed by atoms with Crippen molar-refractivity contribution in [3.05, 3.63) is 59.7 Å². The molecular formula is C32H43N3O7SSi. The van der Waals surface area contributed by atoms with E-state index in [1.807, 2.05) is 47.7 Å². The molecule has 0 saturated carbocycles. The summed E-state index contributed by atoms with van der Waals surface area (Å²) in [7, 11) is -6.70. The highest BCUT2D eigenvalue weighted by Gasteiger charge is 2.42. The third-order valence-electron chi connectivity index (χ3n) is 7.83. The number of hydrogen-bond acceptors (Lipinski definition) is 7. The van der Waals surface area contributed by atoms with Crippen LogP contribution >= 0.6 is 0 Å². The lowest BCUT2D eigenvalue weighted by atomic mass is 10.1. The summed E-state index contributed by atoms with van der Waals surface area (Å²) >= 11 is 0. The highest BCUT2D eigenvalue weighted by molar-refractivity contribution is 7.89. The maximum absolute atomic E-state index is 14.2. The van der Waals surface area contributed by atoms with Gasteiger partial charge in [0.1, 0.15) is 18.4 Å². The maximum Gasteiger partial charge on any atom is 0.261 e. The van der Waals surface area contributed by atoms with Crippen molar-refractivity contribution in [3.63, 3.8) is 0 Å². The topological polar surface area (TPSA) is 122 Å². The van der Waals surface area contributed by atoms with Crippen LogP contribution < -0.4 is 10.2 Å². The normalized spacial score (nSPS) is 14.4. The highest BCUT2D eigenvalue weighted by Crippen LogP contribution is 2.36. The van der Waals surface area contributed by atoms with Crippen LogP contribution in [0.1, 0.15) is 68.7 Å². The molecule has 0 unspecified atom stereocenters. The standard InChI is InChI=1S/C32H43N3O7SSi/c1-9-10-21-41-24-15-17-25(18-16-24)43(39,40)35(22-23(2)3)28(29(36)33-42-44(7,8)32(4,5)6)19-20-34-30(37)26-13-11-12-14-27(26)31(34)38/h11-18,23,28H,19-22H2,1-8H3,(H,33,36)/t28-/m1/s1. The molecule has 44 heavy (non-hydrogen) atoms. The molecule has 0 saturated heterocycles. The van der Waals surface area contributed by atoms with Gasteiger partial charge in [-0.3, -0.25) is 19.3 Å². The number of rotatable bonds is 13. The first-order chi connectivity index (χ1) is 20.5. The number of carbonyl (C=O) groups is 3. The molecule has 1 aliphatic rings. The highest BCUT2D eigenvalue weighted by atomic mass is 32.2. The van der Waals surface area contributed by atoms with Crippen molar-refractivity contribution in [1.82, 2.24) is 14.7 Å². The van der Waals surface area contributed by atoms with E-state index in [4.69, 9.17) is 9.26 Å². The van der Waals surface area contributed by atoms with Gasteiger partial charge in [0.25, 0.3) is 17.7 Å². The van der Waals surface area contributed by atoms with Gasteiger partial charge in [0, 0.05) is 13.1 Å². The van der Waals surface area contributed by atoms with E-state index in [9.17, 15) is 22.8 Å². The average molecular weight is 642 g/mol. The van der Waals surface area contributed by atoms with Crippen LogP contribution in [0.25, 0.3) is 0 Å². The van der Waals surface area contributed by atoms with Gasteiger partial charge in [-0.25, -0.2) is 13.9 Å². The maximum atomic E-state index is 14.2. The van der Waals surface area contributed by atoms with E-state index in [1.165, 1.54) is 24.3 Å². The largest absolute Gasteiger partial charge is 0.481 e. The molecule has 3 amide bonds. The van der Waals surface area contributed by atoms with E-state index in [0.29, 0.717) is 5.75 Å². The number of nitrogens with one attached hydrogen (secondary N) is 1. The lowest BCUT2D eigenvalue weighted by Gasteiger charge is -2.37. The molecule has 12 heteroatoms. The third kappa shape index (κ3) is 7.95. The van der Waals surface area contributed by atoms with Crippen molar-refractivity contribution in [3.8, 4) is 17.6 Å². The number of sulfonamides is 1. The minimum atomic E-state index is -4.23. The number of carbonyl (C=O) groups excluding carboxylic acids is 3. The molecule has 1 aliphatic heterocycles. The minimum Gasteiger partial charge on any atom is -0.481 e. The molecule has 0 aliphatic carbocycles. The number of imide groups is 1. The second-order valence-electron chi connectivity index (χ2n) is 12.6. The van der Waals surface area contributed by atoms with E-state index in [0.717, 1.165) is 9.21 Å². The number of ether oxygens (including phenoxy) is 1. The predicted octanol–water partition coefficient (Wildman–Crippen LogP) is 4.84. The van der Waals surface area contributed by atoms with Crippen LogP contribution in [0.15, 0.2) is 53.4 Å². The van der Waals surface area contributed by atoms with E-state index < -0.39 is 42.1 Å². The Kier molecular flexibility index (Phi) is 11.2. The van der Waals surface area contributed by atoms with Gasteiger partial charge in [0.2, 0.25) is 18.3 Å². The van der Waals surface area contributed by atoms with Crippen LogP contribution in [-0.4, -0.2) is 69.4 Å². The molecule has 238 valence electrons. The Bertz CT molecular complexity index is 1500. The van der Waals surface area contributed by atoms with E-state index in [2.05, 4.69) is 17.3 Å². The predicted molar refractivity (Wildman–Crippen MR) is 171 cm³/mol. The lowest BCUT2D eigenvalue weighted by Crippen LogP contribution is -2.55. The summed E-state index contributed by atoms with van der Waals surface area (Å²) in [6, 6.07) is 11.1. The molecule has 2 aromatic rings. The fourth-order valence-electron chi connectivity index (χ4n) is 4.29. The number of hydroxylamine groups is 1. The van der Waals surface area contributed by atoms with Gasteiger partial charge >= 0.3 is 0 Å². The molecule has 0 bridgehead atoms. The molecular weight excluding hydrogens is 599 g/mol. The van der Waals surface area contributed by atoms with Gasteiger partial charge in [-0.05, 0) is 73.8 Å². The Balaban J connectivity index is 1.97. The number of amides is 3. The first-order valence-electron chi connectivity index (χ1n) is 14.6. The molecule has 0 spiro atoms. The summed E-state index contributed by atoms with van der Waals surface area (Å²) in [5, 5.41) is -0.230. The zero-order chi connectivity index (χ0) is 32.9. The molecule has 10 nitrogen and oxygen atoms in total.